The first kappa shape index (κ1) is 25.7. The summed E-state index contributed by atoms with van der Waals surface area (Å²) in [5.41, 5.74) is -1.25. The largest absolute Gasteiger partial charge is 0.497 e. The maximum Gasteiger partial charge on any atom is 0.497 e. The standard InChI is InChI=1S/C24H30BF2NO6S/c1-21(2,3)15-10-9-14(11-17(15)26)35(29,30)28-18-13-20-19(31-24(8,27)32-20)12-16(18)25-33-22(4,5)23(6,7)34-25/h9-13,28H,1-8H3. The van der Waals surface area contributed by atoms with E-state index in [1.54, 1.807) is 0 Å². The smallest absolute Gasteiger partial charge is 0.423 e. The monoisotopic (exact) mass is 509 g/mol. The molecule has 1 saturated heterocycles. The Morgan fingerprint density at radius 3 is 1.97 bits per heavy atom. The second-order valence-corrected chi connectivity index (χ2v) is 12.7. The number of fused-ring (bicyclic) bond motifs is 1. The average Bonchev–Trinajstić information content (AvgIpc) is 3.08. The lowest BCUT2D eigenvalue weighted by atomic mass is 9.77. The van der Waals surface area contributed by atoms with E-state index in [2.05, 4.69) is 4.72 Å². The second kappa shape index (κ2) is 7.82. The fourth-order valence-electron chi connectivity index (χ4n) is 3.88. The summed E-state index contributed by atoms with van der Waals surface area (Å²) in [5.74, 6) is -0.559. The Kier molecular flexibility index (Phi) is 5.74. The molecule has 4 rings (SSSR count). The highest BCUT2D eigenvalue weighted by molar-refractivity contribution is 7.92. The summed E-state index contributed by atoms with van der Waals surface area (Å²) in [6.07, 6.45) is 0. The summed E-state index contributed by atoms with van der Waals surface area (Å²) in [4.78, 5) is -0.268. The van der Waals surface area contributed by atoms with Gasteiger partial charge < -0.3 is 18.8 Å². The Bertz CT molecular complexity index is 1270. The van der Waals surface area contributed by atoms with Crippen LogP contribution in [0.1, 0.15) is 61.0 Å². The number of ether oxygens (including phenoxy) is 2. The van der Waals surface area contributed by atoms with E-state index in [1.165, 1.54) is 24.3 Å². The van der Waals surface area contributed by atoms with Crippen molar-refractivity contribution >= 4 is 28.3 Å². The van der Waals surface area contributed by atoms with Crippen LogP contribution >= 0.6 is 0 Å². The molecule has 190 valence electrons. The highest BCUT2D eigenvalue weighted by Gasteiger charge is 2.53. The quantitative estimate of drug-likeness (QED) is 0.605. The number of hydrogen-bond acceptors (Lipinski definition) is 6. The predicted octanol–water partition coefficient (Wildman–Crippen LogP) is 4.64. The van der Waals surface area contributed by atoms with Crippen LogP contribution in [0.25, 0.3) is 0 Å². The fraction of sp³-hybridized carbons (Fsp3) is 0.500. The van der Waals surface area contributed by atoms with Crippen molar-refractivity contribution < 1.29 is 36.0 Å². The summed E-state index contributed by atoms with van der Waals surface area (Å²) in [6, 6.07) is 4.07. The van der Waals surface area contributed by atoms with Crippen molar-refractivity contribution in [2.75, 3.05) is 4.72 Å². The third-order valence-corrected chi connectivity index (χ3v) is 7.87. The van der Waals surface area contributed by atoms with Gasteiger partial charge in [-0.15, -0.1) is 0 Å². The molecule has 0 aliphatic carbocycles. The topological polar surface area (TPSA) is 83.1 Å². The Hall–Kier alpha value is -2.37. The van der Waals surface area contributed by atoms with E-state index >= 15 is 0 Å². The van der Waals surface area contributed by atoms with Gasteiger partial charge in [-0.1, -0.05) is 26.8 Å². The molecule has 2 aliphatic heterocycles. The number of rotatable bonds is 4. The van der Waals surface area contributed by atoms with E-state index in [-0.39, 0.29) is 27.5 Å². The summed E-state index contributed by atoms with van der Waals surface area (Å²) < 4.78 is 80.7. The van der Waals surface area contributed by atoms with Crippen LogP contribution in [0.5, 0.6) is 11.5 Å². The molecule has 1 N–H and O–H groups in total. The Balaban J connectivity index is 1.76. The Morgan fingerprint density at radius 1 is 0.914 bits per heavy atom. The second-order valence-electron chi connectivity index (χ2n) is 11.0. The SMILES string of the molecule is CC1(F)Oc2cc(NS(=O)(=O)c3ccc(C(C)(C)C)c(F)c3)c(B3OC(C)(C)C(C)(C)O3)cc2O1. The lowest BCUT2D eigenvalue weighted by Crippen LogP contribution is -2.41. The summed E-state index contributed by atoms with van der Waals surface area (Å²) in [6.45, 7) is 14.0. The van der Waals surface area contributed by atoms with Crippen LogP contribution in [-0.4, -0.2) is 32.8 Å². The van der Waals surface area contributed by atoms with Crippen molar-refractivity contribution in [3.05, 3.63) is 41.7 Å². The molecule has 2 aliphatic rings. The highest BCUT2D eigenvalue weighted by atomic mass is 32.2. The maximum atomic E-state index is 14.8. The van der Waals surface area contributed by atoms with Gasteiger partial charge in [0.25, 0.3) is 10.0 Å². The maximum absolute atomic E-state index is 14.8. The summed E-state index contributed by atoms with van der Waals surface area (Å²) in [7, 11) is -5.23. The number of nitrogens with one attached hydrogen (secondary N) is 1. The average molecular weight is 509 g/mol. The molecule has 0 amide bonds. The van der Waals surface area contributed by atoms with E-state index in [0.29, 0.717) is 5.56 Å². The van der Waals surface area contributed by atoms with Gasteiger partial charge in [0.05, 0.1) is 21.8 Å². The van der Waals surface area contributed by atoms with Crippen LogP contribution in [0.15, 0.2) is 35.2 Å². The lowest BCUT2D eigenvalue weighted by Gasteiger charge is -2.32. The zero-order chi connectivity index (χ0) is 26.2. The van der Waals surface area contributed by atoms with Crippen molar-refractivity contribution in [1.82, 2.24) is 0 Å². The predicted molar refractivity (Wildman–Crippen MR) is 129 cm³/mol. The van der Waals surface area contributed by atoms with Gasteiger partial charge in [0.1, 0.15) is 5.82 Å². The normalized spacial score (nSPS) is 23.0. The van der Waals surface area contributed by atoms with Crippen molar-refractivity contribution in [3.8, 4) is 11.5 Å². The molecule has 35 heavy (non-hydrogen) atoms. The number of alkyl halides is 1. The van der Waals surface area contributed by atoms with Gasteiger partial charge in [-0.05, 0) is 56.9 Å². The Labute approximate surface area is 205 Å². The van der Waals surface area contributed by atoms with Crippen LogP contribution in [0, 0.1) is 5.82 Å². The molecule has 2 aromatic carbocycles. The molecule has 0 saturated carbocycles. The van der Waals surface area contributed by atoms with E-state index < -0.39 is 45.6 Å². The molecule has 1 unspecified atom stereocenters. The van der Waals surface area contributed by atoms with Gasteiger partial charge in [-0.2, -0.15) is 4.39 Å². The number of anilines is 1. The minimum atomic E-state index is -4.25. The number of sulfonamides is 1. The van der Waals surface area contributed by atoms with Crippen molar-refractivity contribution in [3.63, 3.8) is 0 Å². The molecular weight excluding hydrogens is 479 g/mol. The van der Waals surface area contributed by atoms with Crippen LogP contribution in [-0.2, 0) is 24.7 Å². The summed E-state index contributed by atoms with van der Waals surface area (Å²) in [5, 5.41) is 0. The van der Waals surface area contributed by atoms with Gasteiger partial charge in [0, 0.05) is 18.5 Å². The molecule has 0 radical (unpaired) electrons. The summed E-state index contributed by atoms with van der Waals surface area (Å²) >= 11 is 0. The van der Waals surface area contributed by atoms with Crippen LogP contribution in [0.4, 0.5) is 14.5 Å². The third-order valence-electron chi connectivity index (χ3n) is 6.51. The van der Waals surface area contributed by atoms with Gasteiger partial charge in [-0.3, -0.25) is 4.72 Å². The van der Waals surface area contributed by atoms with E-state index in [1.807, 2.05) is 48.5 Å². The minimum Gasteiger partial charge on any atom is -0.423 e. The van der Waals surface area contributed by atoms with E-state index in [9.17, 15) is 17.2 Å². The molecule has 0 bridgehead atoms. The number of hydrogen-bond donors (Lipinski definition) is 1. The molecule has 2 heterocycles. The molecule has 0 spiro atoms. The first-order valence-electron chi connectivity index (χ1n) is 11.2. The number of halogens is 2. The van der Waals surface area contributed by atoms with Gasteiger partial charge >= 0.3 is 13.2 Å². The van der Waals surface area contributed by atoms with Crippen molar-refractivity contribution in [1.29, 1.82) is 0 Å². The van der Waals surface area contributed by atoms with Crippen molar-refractivity contribution in [2.24, 2.45) is 0 Å². The first-order chi connectivity index (χ1) is 15.8. The van der Waals surface area contributed by atoms with Crippen molar-refractivity contribution in [2.45, 2.75) is 82.9 Å². The molecule has 0 aromatic heterocycles. The molecule has 1 fully saturated rings. The zero-order valence-electron chi connectivity index (χ0n) is 21.1. The van der Waals surface area contributed by atoms with Crippen LogP contribution < -0.4 is 19.7 Å². The molecule has 2 aromatic rings. The third kappa shape index (κ3) is 4.73. The molecule has 1 atom stereocenters. The highest BCUT2D eigenvalue weighted by Crippen LogP contribution is 2.43. The lowest BCUT2D eigenvalue weighted by molar-refractivity contribution is -0.173. The first-order valence-corrected chi connectivity index (χ1v) is 12.7. The van der Waals surface area contributed by atoms with Gasteiger partial charge in [0.2, 0.25) is 0 Å². The number of benzene rings is 2. The molecular formula is C24H30BF2NO6S. The van der Waals surface area contributed by atoms with E-state index in [4.69, 9.17) is 18.8 Å². The molecule has 7 nitrogen and oxygen atoms in total. The Morgan fingerprint density at radius 2 is 1.46 bits per heavy atom. The van der Waals surface area contributed by atoms with Crippen LogP contribution in [0.2, 0.25) is 0 Å². The minimum absolute atomic E-state index is 0.00206. The fourth-order valence-corrected chi connectivity index (χ4v) is 4.97. The van der Waals surface area contributed by atoms with Gasteiger partial charge in [-0.25, -0.2) is 12.8 Å². The van der Waals surface area contributed by atoms with Crippen LogP contribution in [0.3, 0.4) is 0 Å². The molecule has 11 heteroatoms. The zero-order valence-corrected chi connectivity index (χ0v) is 21.9. The van der Waals surface area contributed by atoms with Gasteiger partial charge in [0.15, 0.2) is 11.5 Å². The van der Waals surface area contributed by atoms with E-state index in [0.717, 1.165) is 13.0 Å².